The van der Waals surface area contributed by atoms with E-state index in [0.717, 1.165) is 18.8 Å². The molecule has 0 saturated carbocycles. The van der Waals surface area contributed by atoms with Crippen LogP contribution in [0.4, 0.5) is 5.69 Å². The summed E-state index contributed by atoms with van der Waals surface area (Å²) in [5.41, 5.74) is 2.14. The molecule has 0 bridgehead atoms. The van der Waals surface area contributed by atoms with Gasteiger partial charge >= 0.3 is 0 Å². The fraction of sp³-hybridized carbons (Fsp3) is 0.500. The van der Waals surface area contributed by atoms with Crippen LogP contribution >= 0.6 is 11.6 Å². The summed E-state index contributed by atoms with van der Waals surface area (Å²) in [6.07, 6.45) is 3.18. The predicted octanol–water partition coefficient (Wildman–Crippen LogP) is 2.64. The van der Waals surface area contributed by atoms with Crippen molar-refractivity contribution in [1.29, 1.82) is 0 Å². The molecule has 1 aromatic heterocycles. The van der Waals surface area contributed by atoms with E-state index in [1.54, 1.807) is 0 Å². The maximum absolute atomic E-state index is 6.02. The molecular formula is C14H20ClN3. The molecule has 1 N–H and O–H groups in total. The van der Waals surface area contributed by atoms with E-state index in [1.165, 1.54) is 12.1 Å². The van der Waals surface area contributed by atoms with Gasteiger partial charge in [-0.25, -0.2) is 4.98 Å². The molecule has 2 unspecified atom stereocenters. The van der Waals surface area contributed by atoms with Gasteiger partial charge in [0, 0.05) is 30.5 Å². The number of hydrogen-bond acceptors (Lipinski definition) is 3. The highest BCUT2D eigenvalue weighted by molar-refractivity contribution is 6.29. The summed E-state index contributed by atoms with van der Waals surface area (Å²) in [4.78, 5) is 6.58. The van der Waals surface area contributed by atoms with Crippen LogP contribution < -0.4 is 10.2 Å². The third kappa shape index (κ3) is 2.85. The molecule has 2 atom stereocenters. The minimum absolute atomic E-state index is 0.383. The second kappa shape index (κ2) is 5.72. The Morgan fingerprint density at radius 2 is 2.39 bits per heavy atom. The van der Waals surface area contributed by atoms with E-state index in [-0.39, 0.29) is 0 Å². The third-order valence-corrected chi connectivity index (χ3v) is 3.79. The summed E-state index contributed by atoms with van der Waals surface area (Å²) in [5.74, 6) is 0.611. The molecule has 1 saturated heterocycles. The van der Waals surface area contributed by atoms with Crippen LogP contribution in [0, 0.1) is 12.8 Å². The molecule has 18 heavy (non-hydrogen) atoms. The average molecular weight is 266 g/mol. The monoisotopic (exact) mass is 265 g/mol. The SMILES string of the molecule is C=CC(NC)C1CCN(c2cc(C)nc(Cl)c2)C1. The summed E-state index contributed by atoms with van der Waals surface area (Å²) in [7, 11) is 1.99. The second-order valence-corrected chi connectivity index (χ2v) is 5.22. The van der Waals surface area contributed by atoms with Crippen molar-refractivity contribution in [3.8, 4) is 0 Å². The Morgan fingerprint density at radius 3 is 3.00 bits per heavy atom. The molecule has 1 aliphatic heterocycles. The van der Waals surface area contributed by atoms with Gasteiger partial charge in [-0.1, -0.05) is 17.7 Å². The molecule has 0 aliphatic carbocycles. The van der Waals surface area contributed by atoms with Crippen molar-refractivity contribution in [1.82, 2.24) is 10.3 Å². The molecule has 0 aromatic carbocycles. The van der Waals surface area contributed by atoms with E-state index in [9.17, 15) is 0 Å². The molecule has 0 spiro atoms. The van der Waals surface area contributed by atoms with Crippen LogP contribution in [0.5, 0.6) is 0 Å². The van der Waals surface area contributed by atoms with Crippen LogP contribution in [0.3, 0.4) is 0 Å². The Kier molecular flexibility index (Phi) is 4.25. The highest BCUT2D eigenvalue weighted by atomic mass is 35.5. The van der Waals surface area contributed by atoms with Crippen molar-refractivity contribution in [3.05, 3.63) is 35.6 Å². The lowest BCUT2D eigenvalue weighted by Crippen LogP contribution is -2.33. The van der Waals surface area contributed by atoms with Crippen LogP contribution in [0.2, 0.25) is 5.15 Å². The molecule has 1 aliphatic rings. The zero-order chi connectivity index (χ0) is 13.1. The Morgan fingerprint density at radius 1 is 1.61 bits per heavy atom. The molecule has 0 radical (unpaired) electrons. The van der Waals surface area contributed by atoms with Crippen LogP contribution in [0.15, 0.2) is 24.8 Å². The molecule has 2 rings (SSSR count). The topological polar surface area (TPSA) is 28.2 Å². The van der Waals surface area contributed by atoms with E-state index < -0.39 is 0 Å². The van der Waals surface area contributed by atoms with E-state index in [0.29, 0.717) is 17.1 Å². The molecule has 1 fully saturated rings. The highest BCUT2D eigenvalue weighted by Gasteiger charge is 2.27. The molecule has 2 heterocycles. The molecule has 1 aromatic rings. The number of anilines is 1. The smallest absolute Gasteiger partial charge is 0.131 e. The van der Waals surface area contributed by atoms with Crippen molar-refractivity contribution in [2.45, 2.75) is 19.4 Å². The predicted molar refractivity (Wildman–Crippen MR) is 77.3 cm³/mol. The molecule has 0 amide bonds. The van der Waals surface area contributed by atoms with Crippen LogP contribution in [-0.4, -0.2) is 31.2 Å². The Balaban J connectivity index is 2.10. The minimum atomic E-state index is 0.383. The number of rotatable bonds is 4. The lowest BCUT2D eigenvalue weighted by molar-refractivity contribution is 0.465. The van der Waals surface area contributed by atoms with E-state index in [2.05, 4.69) is 27.8 Å². The first-order valence-electron chi connectivity index (χ1n) is 6.33. The number of nitrogens with one attached hydrogen (secondary N) is 1. The van der Waals surface area contributed by atoms with Gasteiger partial charge in [0.2, 0.25) is 0 Å². The van der Waals surface area contributed by atoms with Crippen LogP contribution in [0.25, 0.3) is 0 Å². The van der Waals surface area contributed by atoms with Crippen molar-refractivity contribution in [2.24, 2.45) is 5.92 Å². The fourth-order valence-corrected chi connectivity index (χ4v) is 2.90. The largest absolute Gasteiger partial charge is 0.371 e. The van der Waals surface area contributed by atoms with Crippen molar-refractivity contribution in [2.75, 3.05) is 25.0 Å². The summed E-state index contributed by atoms with van der Waals surface area (Å²) in [6, 6.07) is 4.42. The summed E-state index contributed by atoms with van der Waals surface area (Å²) in [5, 5.41) is 3.88. The lowest BCUT2D eigenvalue weighted by Gasteiger charge is -2.22. The number of nitrogens with zero attached hydrogens (tertiary/aromatic N) is 2. The van der Waals surface area contributed by atoms with Gasteiger partial charge in [-0.15, -0.1) is 6.58 Å². The summed E-state index contributed by atoms with van der Waals surface area (Å²) < 4.78 is 0. The van der Waals surface area contributed by atoms with Crippen molar-refractivity contribution >= 4 is 17.3 Å². The Labute approximate surface area is 114 Å². The average Bonchev–Trinajstić information content (AvgIpc) is 2.79. The molecule has 98 valence electrons. The lowest BCUT2D eigenvalue weighted by atomic mass is 9.99. The number of pyridine rings is 1. The summed E-state index contributed by atoms with van der Waals surface area (Å²) >= 11 is 6.02. The highest BCUT2D eigenvalue weighted by Crippen LogP contribution is 2.27. The van der Waals surface area contributed by atoms with E-state index >= 15 is 0 Å². The standard InChI is InChI=1S/C14H20ClN3/c1-4-13(16-3)11-5-6-18(9-11)12-7-10(2)17-14(15)8-12/h4,7-8,11,13,16H,1,5-6,9H2,2-3H3. The number of aryl methyl sites for hydroxylation is 1. The minimum Gasteiger partial charge on any atom is -0.371 e. The maximum Gasteiger partial charge on any atom is 0.131 e. The summed E-state index contributed by atoms with van der Waals surface area (Å²) in [6.45, 7) is 7.97. The Hall–Kier alpha value is -1.06. The number of halogens is 1. The van der Waals surface area contributed by atoms with Crippen molar-refractivity contribution in [3.63, 3.8) is 0 Å². The van der Waals surface area contributed by atoms with Gasteiger partial charge in [0.1, 0.15) is 5.15 Å². The third-order valence-electron chi connectivity index (χ3n) is 3.59. The number of hydrogen-bond donors (Lipinski definition) is 1. The van der Waals surface area contributed by atoms with Gasteiger partial charge < -0.3 is 10.2 Å². The first-order chi connectivity index (χ1) is 8.63. The molecule has 3 nitrogen and oxygen atoms in total. The van der Waals surface area contributed by atoms with Crippen molar-refractivity contribution < 1.29 is 0 Å². The van der Waals surface area contributed by atoms with E-state index in [4.69, 9.17) is 11.6 Å². The second-order valence-electron chi connectivity index (χ2n) is 4.83. The van der Waals surface area contributed by atoms with Gasteiger partial charge in [0.25, 0.3) is 0 Å². The first kappa shape index (κ1) is 13.4. The van der Waals surface area contributed by atoms with Crippen LogP contribution in [0.1, 0.15) is 12.1 Å². The Bertz CT molecular complexity index is 413. The first-order valence-corrected chi connectivity index (χ1v) is 6.71. The molecule has 4 heteroatoms. The maximum atomic E-state index is 6.02. The van der Waals surface area contributed by atoms with Gasteiger partial charge in [-0.2, -0.15) is 0 Å². The zero-order valence-corrected chi connectivity index (χ0v) is 11.7. The van der Waals surface area contributed by atoms with Gasteiger partial charge in [-0.3, -0.25) is 0 Å². The van der Waals surface area contributed by atoms with Gasteiger partial charge in [-0.05, 0) is 38.4 Å². The zero-order valence-electron chi connectivity index (χ0n) is 11.0. The number of likely N-dealkylation sites (N-methyl/N-ethyl adjacent to an activating group) is 1. The van der Waals surface area contributed by atoms with Gasteiger partial charge in [0.15, 0.2) is 0 Å². The molecular weight excluding hydrogens is 246 g/mol. The number of aromatic nitrogens is 1. The van der Waals surface area contributed by atoms with E-state index in [1.807, 2.05) is 26.1 Å². The quantitative estimate of drug-likeness (QED) is 0.670. The fourth-order valence-electron chi connectivity index (χ4n) is 2.65. The normalized spacial score (nSPS) is 21.1. The van der Waals surface area contributed by atoms with Gasteiger partial charge in [0.05, 0.1) is 0 Å². The van der Waals surface area contributed by atoms with Crippen LogP contribution in [-0.2, 0) is 0 Å².